The molecule has 0 aromatic heterocycles. The molecule has 0 radical (unpaired) electrons. The summed E-state index contributed by atoms with van der Waals surface area (Å²) in [7, 11) is 0. The Morgan fingerprint density at radius 2 is 1.77 bits per heavy atom. The zero-order valence-corrected chi connectivity index (χ0v) is 14.4. The summed E-state index contributed by atoms with van der Waals surface area (Å²) in [6, 6.07) is 4.24. The molecule has 1 aliphatic carbocycles. The van der Waals surface area contributed by atoms with E-state index in [1.807, 2.05) is 0 Å². The monoisotopic (exact) mass is 363 g/mol. The molecule has 3 amide bonds. The molecule has 1 fully saturated rings. The number of imide groups is 1. The van der Waals surface area contributed by atoms with E-state index in [4.69, 9.17) is 4.74 Å². The summed E-state index contributed by atoms with van der Waals surface area (Å²) < 4.78 is 4.99. The Hall–Kier alpha value is -2.97. The Balaban J connectivity index is 1.82. The van der Waals surface area contributed by atoms with Gasteiger partial charge in [-0.25, -0.2) is 9.59 Å². The number of non-ortho nitro benzene ring substituents is 1. The fraction of sp³-hybridized carbons (Fsp3) is 0.471. The van der Waals surface area contributed by atoms with Crippen molar-refractivity contribution in [1.29, 1.82) is 0 Å². The minimum atomic E-state index is -1.19. The average Bonchev–Trinajstić information content (AvgIpc) is 2.62. The Bertz CT molecular complexity index is 682. The van der Waals surface area contributed by atoms with Crippen molar-refractivity contribution in [3.05, 3.63) is 39.9 Å². The number of ether oxygens (including phenoxy) is 1. The van der Waals surface area contributed by atoms with Crippen molar-refractivity contribution < 1.29 is 24.0 Å². The molecule has 9 nitrogen and oxygen atoms in total. The topological polar surface area (TPSA) is 128 Å². The lowest BCUT2D eigenvalue weighted by Gasteiger charge is -2.23. The smallest absolute Gasteiger partial charge is 0.338 e. The SMILES string of the molecule is C[C@@H](OC(=O)c1ccc([N+](=O)[O-])cc1)C(=O)NC(=O)NC1CCCCC1. The first-order valence-corrected chi connectivity index (χ1v) is 8.43. The van der Waals surface area contributed by atoms with Crippen LogP contribution in [0.2, 0.25) is 0 Å². The lowest BCUT2D eigenvalue weighted by Crippen LogP contribution is -2.48. The van der Waals surface area contributed by atoms with Crippen LogP contribution in [0.1, 0.15) is 49.4 Å². The number of rotatable bonds is 5. The van der Waals surface area contributed by atoms with E-state index in [2.05, 4.69) is 10.6 Å². The van der Waals surface area contributed by atoms with Crippen LogP contribution in [-0.2, 0) is 9.53 Å². The Morgan fingerprint density at radius 3 is 2.35 bits per heavy atom. The highest BCUT2D eigenvalue weighted by atomic mass is 16.6. The van der Waals surface area contributed by atoms with E-state index >= 15 is 0 Å². The van der Waals surface area contributed by atoms with Gasteiger partial charge in [-0.1, -0.05) is 19.3 Å². The summed E-state index contributed by atoms with van der Waals surface area (Å²) in [6.07, 6.45) is 3.81. The lowest BCUT2D eigenvalue weighted by molar-refractivity contribution is -0.384. The van der Waals surface area contributed by atoms with Gasteiger partial charge in [0, 0.05) is 18.2 Å². The molecule has 1 aromatic rings. The number of carbonyl (C=O) groups is 3. The number of carbonyl (C=O) groups excluding carboxylic acids is 3. The van der Waals surface area contributed by atoms with E-state index in [0.29, 0.717) is 0 Å². The van der Waals surface area contributed by atoms with Crippen LogP contribution >= 0.6 is 0 Å². The van der Waals surface area contributed by atoms with Crippen molar-refractivity contribution in [1.82, 2.24) is 10.6 Å². The molecule has 0 unspecified atom stereocenters. The molecule has 1 aliphatic rings. The highest BCUT2D eigenvalue weighted by molar-refractivity contribution is 5.98. The van der Waals surface area contributed by atoms with E-state index in [-0.39, 0.29) is 17.3 Å². The molecular weight excluding hydrogens is 342 g/mol. The molecule has 2 N–H and O–H groups in total. The summed E-state index contributed by atoms with van der Waals surface area (Å²) >= 11 is 0. The van der Waals surface area contributed by atoms with Crippen LogP contribution in [0, 0.1) is 10.1 Å². The number of urea groups is 1. The molecule has 140 valence electrons. The van der Waals surface area contributed by atoms with Crippen molar-refractivity contribution in [2.45, 2.75) is 51.2 Å². The third-order valence-electron chi connectivity index (χ3n) is 4.14. The molecular formula is C17H21N3O6. The molecule has 0 saturated heterocycles. The quantitative estimate of drug-likeness (QED) is 0.469. The van der Waals surface area contributed by atoms with Gasteiger partial charge in [-0.05, 0) is 31.9 Å². The van der Waals surface area contributed by atoms with Gasteiger partial charge in [0.15, 0.2) is 6.10 Å². The standard InChI is InChI=1S/C17H21N3O6/c1-11(15(21)19-17(23)18-13-5-3-2-4-6-13)26-16(22)12-7-9-14(10-8-12)20(24)25/h7-11,13H,2-6H2,1H3,(H2,18,19,21,23)/t11-/m1/s1. The normalized spacial score (nSPS) is 15.6. The second kappa shape index (κ2) is 8.93. The number of nitrogens with zero attached hydrogens (tertiary/aromatic N) is 1. The average molecular weight is 363 g/mol. The Kier molecular flexibility index (Phi) is 6.65. The molecule has 1 saturated carbocycles. The maximum Gasteiger partial charge on any atom is 0.338 e. The zero-order valence-electron chi connectivity index (χ0n) is 14.4. The van der Waals surface area contributed by atoms with Crippen LogP contribution in [0.3, 0.4) is 0 Å². The number of hydrogen-bond donors (Lipinski definition) is 2. The van der Waals surface area contributed by atoms with E-state index < -0.39 is 28.9 Å². The van der Waals surface area contributed by atoms with Crippen molar-refractivity contribution >= 4 is 23.6 Å². The molecule has 2 rings (SSSR count). The van der Waals surface area contributed by atoms with Gasteiger partial charge in [-0.2, -0.15) is 0 Å². The maximum absolute atomic E-state index is 12.0. The van der Waals surface area contributed by atoms with Crippen molar-refractivity contribution in [2.75, 3.05) is 0 Å². The third kappa shape index (κ3) is 5.54. The van der Waals surface area contributed by atoms with Crippen molar-refractivity contribution in [3.8, 4) is 0 Å². The van der Waals surface area contributed by atoms with Gasteiger partial charge in [-0.3, -0.25) is 20.2 Å². The van der Waals surface area contributed by atoms with Gasteiger partial charge >= 0.3 is 12.0 Å². The first-order valence-electron chi connectivity index (χ1n) is 8.43. The van der Waals surface area contributed by atoms with Crippen LogP contribution in [0.15, 0.2) is 24.3 Å². The van der Waals surface area contributed by atoms with Crippen molar-refractivity contribution in [2.24, 2.45) is 0 Å². The van der Waals surface area contributed by atoms with E-state index in [0.717, 1.165) is 32.1 Å². The molecule has 1 aromatic carbocycles. The Labute approximate surface area is 150 Å². The third-order valence-corrected chi connectivity index (χ3v) is 4.14. The zero-order chi connectivity index (χ0) is 19.1. The van der Waals surface area contributed by atoms with Gasteiger partial charge in [0.25, 0.3) is 11.6 Å². The predicted octanol–water partition coefficient (Wildman–Crippen LogP) is 2.30. The second-order valence-corrected chi connectivity index (χ2v) is 6.15. The number of nitro groups is 1. The number of esters is 1. The summed E-state index contributed by atoms with van der Waals surface area (Å²) in [5.74, 6) is -1.55. The van der Waals surface area contributed by atoms with E-state index in [1.165, 1.54) is 31.2 Å². The van der Waals surface area contributed by atoms with Gasteiger partial charge in [0.1, 0.15) is 0 Å². The molecule has 0 aliphatic heterocycles. The second-order valence-electron chi connectivity index (χ2n) is 6.15. The van der Waals surface area contributed by atoms with Crippen LogP contribution in [0.5, 0.6) is 0 Å². The van der Waals surface area contributed by atoms with Gasteiger partial charge in [0.2, 0.25) is 0 Å². The lowest BCUT2D eigenvalue weighted by atomic mass is 9.96. The van der Waals surface area contributed by atoms with Crippen molar-refractivity contribution in [3.63, 3.8) is 0 Å². The number of nitro benzene ring substituents is 1. The number of amides is 3. The predicted molar refractivity (Wildman–Crippen MR) is 91.5 cm³/mol. The maximum atomic E-state index is 12.0. The van der Waals surface area contributed by atoms with Gasteiger partial charge < -0.3 is 10.1 Å². The molecule has 9 heteroatoms. The molecule has 0 heterocycles. The van der Waals surface area contributed by atoms with Gasteiger partial charge in [0.05, 0.1) is 10.5 Å². The fourth-order valence-electron chi connectivity index (χ4n) is 2.68. The van der Waals surface area contributed by atoms with E-state index in [9.17, 15) is 24.5 Å². The summed E-state index contributed by atoms with van der Waals surface area (Å²) in [5, 5.41) is 15.5. The molecule has 0 bridgehead atoms. The first kappa shape index (κ1) is 19.4. The van der Waals surface area contributed by atoms with E-state index in [1.54, 1.807) is 0 Å². The number of benzene rings is 1. The molecule has 1 atom stereocenters. The summed E-state index contributed by atoms with van der Waals surface area (Å²) in [4.78, 5) is 45.8. The van der Waals surface area contributed by atoms with Crippen LogP contribution in [0.4, 0.5) is 10.5 Å². The molecule has 26 heavy (non-hydrogen) atoms. The highest BCUT2D eigenvalue weighted by Gasteiger charge is 2.23. The highest BCUT2D eigenvalue weighted by Crippen LogP contribution is 2.17. The Morgan fingerprint density at radius 1 is 1.15 bits per heavy atom. The minimum absolute atomic E-state index is 0.0505. The van der Waals surface area contributed by atoms with Crippen LogP contribution in [0.25, 0.3) is 0 Å². The fourth-order valence-corrected chi connectivity index (χ4v) is 2.68. The largest absolute Gasteiger partial charge is 0.449 e. The molecule has 0 spiro atoms. The first-order chi connectivity index (χ1) is 12.4. The summed E-state index contributed by atoms with van der Waals surface area (Å²) in [6.45, 7) is 1.34. The number of nitrogens with one attached hydrogen (secondary N) is 2. The minimum Gasteiger partial charge on any atom is -0.449 e. The summed E-state index contributed by atoms with van der Waals surface area (Å²) in [5.41, 5.74) is -0.0892. The number of hydrogen-bond acceptors (Lipinski definition) is 6. The van der Waals surface area contributed by atoms with Crippen LogP contribution in [-0.4, -0.2) is 35.0 Å². The van der Waals surface area contributed by atoms with Gasteiger partial charge in [-0.15, -0.1) is 0 Å². The van der Waals surface area contributed by atoms with Crippen LogP contribution < -0.4 is 10.6 Å².